The van der Waals surface area contributed by atoms with Crippen molar-refractivity contribution in [3.63, 3.8) is 0 Å². The molecule has 23 heavy (non-hydrogen) atoms. The first-order valence-electron chi connectivity index (χ1n) is 6.65. The maximum Gasteiger partial charge on any atom is 4.00 e. The minimum Gasteiger partial charge on any atom is -1.00 e. The molecule has 0 N–H and O–H groups in total. The van der Waals surface area contributed by atoms with Crippen LogP contribution >= 0.6 is 27.7 Å². The Morgan fingerprint density at radius 2 is 1.96 bits per heavy atom. The first-order chi connectivity index (χ1) is 9.65. The fourth-order valence-corrected chi connectivity index (χ4v) is 4.28. The van der Waals surface area contributed by atoms with Crippen molar-refractivity contribution in [1.29, 1.82) is 0 Å². The predicted molar refractivity (Wildman–Crippen MR) is 92.1 cm³/mol. The van der Waals surface area contributed by atoms with Crippen LogP contribution in [0.3, 0.4) is 0 Å². The normalized spacial score (nSPS) is 17.9. The molecule has 0 bridgehead atoms. The third-order valence-electron chi connectivity index (χ3n) is 3.45. The fourth-order valence-electron chi connectivity index (χ4n) is 2.52. The molecular weight excluding hydrogens is 490 g/mol. The monoisotopic (exact) mass is 502 g/mol. The number of thioether (sulfide) groups is 1. The van der Waals surface area contributed by atoms with Gasteiger partial charge in [-0.05, 0) is 12.1 Å². The summed E-state index contributed by atoms with van der Waals surface area (Å²) in [5.41, 5.74) is 4.09. The third kappa shape index (κ3) is 5.48. The van der Waals surface area contributed by atoms with Crippen LogP contribution in [0.25, 0.3) is 18.2 Å². The first-order valence-corrected chi connectivity index (χ1v) is 8.44. The Bertz CT molecular complexity index is 756. The Labute approximate surface area is 182 Å². The van der Waals surface area contributed by atoms with Crippen molar-refractivity contribution in [3.8, 4) is 0 Å². The molecule has 0 nitrogen and oxygen atoms in total. The molecule has 3 aliphatic rings. The van der Waals surface area contributed by atoms with Crippen LogP contribution in [0, 0.1) is 13.0 Å². The van der Waals surface area contributed by atoms with E-state index in [4.69, 9.17) is 0 Å². The first kappa shape index (κ1) is 23.5. The van der Waals surface area contributed by atoms with Gasteiger partial charge in [0.1, 0.15) is 0 Å². The summed E-state index contributed by atoms with van der Waals surface area (Å²) in [6.07, 6.45) is 18.0. The van der Waals surface area contributed by atoms with Crippen LogP contribution < -0.4 is 35.3 Å². The van der Waals surface area contributed by atoms with Crippen LogP contribution in [0.2, 0.25) is 0 Å². The van der Waals surface area contributed by atoms with Crippen molar-refractivity contribution < 1.29 is 51.0 Å². The second-order valence-electron chi connectivity index (χ2n) is 4.99. The number of hydrogen-bond acceptors (Lipinski definition) is 1. The summed E-state index contributed by atoms with van der Waals surface area (Å²) in [6, 6.07) is 2.28. The Morgan fingerprint density at radius 3 is 2.52 bits per heavy atom. The Morgan fingerprint density at radius 1 is 1.22 bits per heavy atom. The maximum absolute atomic E-state index is 3.58. The molecule has 4 rings (SSSR count). The second-order valence-corrected chi connectivity index (χ2v) is 7.66. The minimum atomic E-state index is 0. The van der Waals surface area contributed by atoms with Gasteiger partial charge in [-0.2, -0.15) is 29.1 Å². The van der Waals surface area contributed by atoms with Crippen LogP contribution in [0.4, 0.5) is 0 Å². The van der Waals surface area contributed by atoms with Crippen molar-refractivity contribution in [2.75, 3.05) is 0 Å². The second kappa shape index (κ2) is 10.5. The Hall–Kier alpha value is 0.473. The largest absolute Gasteiger partial charge is 4.00 e. The van der Waals surface area contributed by atoms with Crippen molar-refractivity contribution >= 4 is 45.9 Å². The standard InChI is InChI=1S/C13H10BrS.C5H5.2ClH.Zr/c1-7-3-9-5-12-11(6-13(14)15-12)8(2)10(9)4-7;1-2-4-5-3-1;;;/h3-5,13H,1-2H3;1-3H,4H2;2*1H;/q2*-1;;;+4/p-2. The molecule has 1 heterocycles. The summed E-state index contributed by atoms with van der Waals surface area (Å²) in [5, 5.41) is 2.65. The van der Waals surface area contributed by atoms with Gasteiger partial charge in [-0.3, -0.25) is 6.08 Å². The zero-order chi connectivity index (χ0) is 14.1. The summed E-state index contributed by atoms with van der Waals surface area (Å²) < 4.78 is 0.318. The third-order valence-corrected chi connectivity index (χ3v) is 5.14. The van der Waals surface area contributed by atoms with Gasteiger partial charge in [0.2, 0.25) is 0 Å². The van der Waals surface area contributed by atoms with Gasteiger partial charge in [0, 0.05) is 4.16 Å². The van der Waals surface area contributed by atoms with E-state index in [1.165, 1.54) is 32.0 Å². The molecule has 0 radical (unpaired) electrons. The predicted octanol–water partition coefficient (Wildman–Crippen LogP) is -2.01. The quantitative estimate of drug-likeness (QED) is 0.290. The number of alkyl halides is 1. The van der Waals surface area contributed by atoms with Crippen molar-refractivity contribution in [2.45, 2.75) is 29.3 Å². The van der Waals surface area contributed by atoms with E-state index in [-0.39, 0.29) is 51.0 Å². The molecule has 1 aromatic rings. The number of hydrogen-bond donors (Lipinski definition) is 0. The van der Waals surface area contributed by atoms with Crippen molar-refractivity contribution in [3.05, 3.63) is 57.5 Å². The zero-order valence-electron chi connectivity index (χ0n) is 12.8. The number of benzene rings is 1. The van der Waals surface area contributed by atoms with Gasteiger partial charge in [-0.15, -0.1) is 12.0 Å². The summed E-state index contributed by atoms with van der Waals surface area (Å²) in [6.45, 7) is 4.34. The fraction of sp³-hybridized carbons (Fsp3) is 0.222. The molecule has 0 spiro atoms. The van der Waals surface area contributed by atoms with Gasteiger partial charge in [0.25, 0.3) is 0 Å². The Kier molecular flexibility index (Phi) is 10.7. The maximum atomic E-state index is 3.58. The average Bonchev–Trinajstić information content (AvgIpc) is 3.10. The molecule has 0 saturated heterocycles. The summed E-state index contributed by atoms with van der Waals surface area (Å²) >= 11 is 5.42. The molecule has 0 saturated carbocycles. The molecule has 2 aliphatic carbocycles. The summed E-state index contributed by atoms with van der Waals surface area (Å²) in [4.78, 5) is 1.35. The number of halogens is 3. The molecule has 5 heteroatoms. The molecule has 1 unspecified atom stereocenters. The molecule has 1 aliphatic heterocycles. The van der Waals surface area contributed by atoms with E-state index in [0.29, 0.717) is 4.16 Å². The molecule has 1 aromatic carbocycles. The van der Waals surface area contributed by atoms with Crippen LogP contribution in [-0.4, -0.2) is 4.16 Å². The number of fused-ring (bicyclic) bond motifs is 2. The van der Waals surface area contributed by atoms with E-state index in [2.05, 4.69) is 66.2 Å². The molecular formula is C18H15BrCl2SZr. The molecule has 0 amide bonds. The molecule has 1 atom stereocenters. The summed E-state index contributed by atoms with van der Waals surface area (Å²) in [7, 11) is 0. The molecule has 118 valence electrons. The van der Waals surface area contributed by atoms with E-state index >= 15 is 0 Å². The number of allylic oxidation sites excluding steroid dienone is 5. The Balaban J connectivity index is 0.000000529. The zero-order valence-corrected chi connectivity index (χ0v) is 19.2. The van der Waals surface area contributed by atoms with E-state index in [9.17, 15) is 0 Å². The number of rotatable bonds is 0. The van der Waals surface area contributed by atoms with Crippen molar-refractivity contribution in [1.82, 2.24) is 0 Å². The molecule has 0 fully saturated rings. The van der Waals surface area contributed by atoms with Crippen LogP contribution in [0.1, 0.15) is 24.5 Å². The molecule has 0 aromatic heterocycles. The van der Waals surface area contributed by atoms with Crippen LogP contribution in [-0.2, 0) is 26.2 Å². The van der Waals surface area contributed by atoms with E-state index in [1.54, 1.807) is 0 Å². The topological polar surface area (TPSA) is 0 Å². The van der Waals surface area contributed by atoms with Gasteiger partial charge >= 0.3 is 26.2 Å². The van der Waals surface area contributed by atoms with Gasteiger partial charge < -0.3 is 24.8 Å². The summed E-state index contributed by atoms with van der Waals surface area (Å²) in [5.74, 6) is 0. The van der Waals surface area contributed by atoms with E-state index < -0.39 is 0 Å². The van der Waals surface area contributed by atoms with Gasteiger partial charge in [-0.1, -0.05) is 57.1 Å². The van der Waals surface area contributed by atoms with Gasteiger partial charge in [0.05, 0.1) is 0 Å². The van der Waals surface area contributed by atoms with E-state index in [0.717, 1.165) is 6.42 Å². The van der Waals surface area contributed by atoms with Crippen LogP contribution in [0.5, 0.6) is 0 Å². The van der Waals surface area contributed by atoms with Crippen LogP contribution in [0.15, 0.2) is 34.8 Å². The van der Waals surface area contributed by atoms with Gasteiger partial charge in [-0.25, -0.2) is 12.2 Å². The minimum absolute atomic E-state index is 0. The van der Waals surface area contributed by atoms with Crippen molar-refractivity contribution in [2.24, 2.45) is 0 Å². The van der Waals surface area contributed by atoms with E-state index in [1.807, 2.05) is 23.9 Å². The average molecular weight is 505 g/mol. The van der Waals surface area contributed by atoms with Gasteiger partial charge in [0.15, 0.2) is 0 Å². The smallest absolute Gasteiger partial charge is 1.00 e. The SMILES string of the molecule is CC1=Cc2c(C)c3c(cc2=C1)SC(Br)[C-]=3.[C-]1=CC=CC1.[Cl-].[Cl-].[Zr+4].